The van der Waals surface area contributed by atoms with Crippen LogP contribution in [0, 0.1) is 0 Å². The van der Waals surface area contributed by atoms with Crippen molar-refractivity contribution in [2.24, 2.45) is 5.73 Å². The summed E-state index contributed by atoms with van der Waals surface area (Å²) in [6.07, 6.45) is 5.25. The molecule has 0 radical (unpaired) electrons. The summed E-state index contributed by atoms with van der Waals surface area (Å²) in [5, 5.41) is 3.82. The lowest BCUT2D eigenvalue weighted by Gasteiger charge is -2.22. The summed E-state index contributed by atoms with van der Waals surface area (Å²) in [5.74, 6) is -0.270. The van der Waals surface area contributed by atoms with Crippen LogP contribution in [0.1, 0.15) is 35.3 Å². The van der Waals surface area contributed by atoms with Crippen molar-refractivity contribution in [3.8, 4) is 0 Å². The molecular weight excluding hydrogens is 402 g/mol. The number of nitrogens with zero attached hydrogens (tertiary/aromatic N) is 2. The largest absolute Gasteiger partial charge is 0.359 e. The van der Waals surface area contributed by atoms with Crippen LogP contribution in [0.3, 0.4) is 0 Å². The first-order valence-electron chi connectivity index (χ1n) is 10.5. The van der Waals surface area contributed by atoms with Gasteiger partial charge in [-0.2, -0.15) is 0 Å². The van der Waals surface area contributed by atoms with Gasteiger partial charge in [-0.1, -0.05) is 30.3 Å². The third-order valence-electron chi connectivity index (χ3n) is 5.41. The van der Waals surface area contributed by atoms with Crippen molar-refractivity contribution in [1.82, 2.24) is 9.97 Å². The van der Waals surface area contributed by atoms with E-state index in [0.717, 1.165) is 22.2 Å². The zero-order chi connectivity index (χ0) is 22.5. The molecule has 4 N–H and O–H groups in total. The molecule has 7 heteroatoms. The molecule has 7 nitrogen and oxygen atoms in total. The number of carbonyl (C=O) groups is 2. The second kappa shape index (κ2) is 9.45. The van der Waals surface area contributed by atoms with Gasteiger partial charge in [-0.25, -0.2) is 0 Å². The van der Waals surface area contributed by atoms with Crippen LogP contribution < -0.4 is 16.0 Å². The van der Waals surface area contributed by atoms with E-state index >= 15 is 0 Å². The molecule has 1 atom stereocenters. The van der Waals surface area contributed by atoms with Gasteiger partial charge in [0.05, 0.1) is 5.69 Å². The molecule has 0 aliphatic carbocycles. The summed E-state index contributed by atoms with van der Waals surface area (Å²) in [7, 11) is 0. The van der Waals surface area contributed by atoms with Crippen molar-refractivity contribution in [2.45, 2.75) is 19.4 Å². The lowest BCUT2D eigenvalue weighted by Crippen LogP contribution is -2.33. The van der Waals surface area contributed by atoms with E-state index in [1.54, 1.807) is 53.7 Å². The number of carbonyl (C=O) groups excluding carboxylic acids is 2. The fraction of sp³-hybridized carbons (Fsp3) is 0.160. The van der Waals surface area contributed by atoms with E-state index in [1.165, 1.54) is 0 Å². The molecule has 0 saturated carbocycles. The van der Waals surface area contributed by atoms with Crippen LogP contribution in [0.15, 0.2) is 79.3 Å². The minimum Gasteiger partial charge on any atom is -0.359 e. The van der Waals surface area contributed by atoms with E-state index in [0.29, 0.717) is 17.8 Å². The summed E-state index contributed by atoms with van der Waals surface area (Å²) in [6, 6.07) is 17.9. The first-order chi connectivity index (χ1) is 15.6. The zero-order valence-corrected chi connectivity index (χ0v) is 17.8. The third kappa shape index (κ3) is 4.53. The predicted molar refractivity (Wildman–Crippen MR) is 127 cm³/mol. The van der Waals surface area contributed by atoms with Crippen molar-refractivity contribution in [3.63, 3.8) is 0 Å². The molecule has 1 unspecified atom stereocenters. The van der Waals surface area contributed by atoms with E-state index in [4.69, 9.17) is 5.73 Å². The number of nitrogens with one attached hydrogen (secondary N) is 2. The van der Waals surface area contributed by atoms with Crippen molar-refractivity contribution in [1.29, 1.82) is 0 Å². The Hall–Kier alpha value is -3.97. The molecule has 4 aromatic rings. The average molecular weight is 428 g/mol. The standard InChI is InChI=1S/C25H25N5O2/c1-2-30(23-16-28-22-6-4-3-5-20(22)23)24(31)15-21(26)17-7-9-18(10-8-17)25(32)29-19-11-13-27-14-12-19/h3-14,16,21,28H,2,15,26H2,1H3,(H,27,29,32). The molecule has 2 heterocycles. The van der Waals surface area contributed by atoms with Gasteiger partial charge < -0.3 is 20.9 Å². The minimum atomic E-state index is -0.473. The number of nitrogens with two attached hydrogens (primary N) is 1. The molecule has 2 amide bonds. The van der Waals surface area contributed by atoms with E-state index in [9.17, 15) is 9.59 Å². The molecule has 2 aromatic heterocycles. The molecule has 4 rings (SSSR count). The maximum absolute atomic E-state index is 13.0. The highest BCUT2D eigenvalue weighted by atomic mass is 16.2. The van der Waals surface area contributed by atoms with Gasteiger partial charge in [0, 0.05) is 59.8 Å². The van der Waals surface area contributed by atoms with Gasteiger partial charge in [-0.15, -0.1) is 0 Å². The van der Waals surface area contributed by atoms with Gasteiger partial charge in [0.15, 0.2) is 0 Å². The Morgan fingerprint density at radius 1 is 1.06 bits per heavy atom. The van der Waals surface area contributed by atoms with E-state index in [-0.39, 0.29) is 18.2 Å². The average Bonchev–Trinajstić information content (AvgIpc) is 3.24. The van der Waals surface area contributed by atoms with Crippen molar-refractivity contribution >= 4 is 34.1 Å². The number of amides is 2. The van der Waals surface area contributed by atoms with Crippen molar-refractivity contribution < 1.29 is 9.59 Å². The Kier molecular flexibility index (Phi) is 6.28. The molecule has 2 aromatic carbocycles. The maximum Gasteiger partial charge on any atom is 0.255 e. The molecule has 0 aliphatic rings. The Morgan fingerprint density at radius 3 is 2.50 bits per heavy atom. The number of rotatable bonds is 7. The second-order valence-electron chi connectivity index (χ2n) is 7.48. The summed E-state index contributed by atoms with van der Waals surface area (Å²) >= 11 is 0. The van der Waals surface area contributed by atoms with Crippen LogP contribution in [0.25, 0.3) is 10.9 Å². The van der Waals surface area contributed by atoms with Crippen molar-refractivity contribution in [3.05, 3.63) is 90.4 Å². The van der Waals surface area contributed by atoms with Crippen LogP contribution in [-0.4, -0.2) is 28.3 Å². The molecule has 0 aliphatic heterocycles. The number of pyridine rings is 1. The third-order valence-corrected chi connectivity index (χ3v) is 5.41. The maximum atomic E-state index is 13.0. The highest BCUT2D eigenvalue weighted by Crippen LogP contribution is 2.28. The minimum absolute atomic E-state index is 0.0516. The Bertz CT molecular complexity index is 1220. The number of para-hydroxylation sites is 1. The highest BCUT2D eigenvalue weighted by Gasteiger charge is 2.21. The number of fused-ring (bicyclic) bond motifs is 1. The van der Waals surface area contributed by atoms with Gasteiger partial charge in [-0.3, -0.25) is 14.6 Å². The number of benzene rings is 2. The number of anilines is 2. The van der Waals surface area contributed by atoms with Gasteiger partial charge in [-0.05, 0) is 42.8 Å². The first-order valence-corrected chi connectivity index (χ1v) is 10.5. The summed E-state index contributed by atoms with van der Waals surface area (Å²) in [5.41, 5.74) is 10.2. The number of aromatic nitrogens is 2. The smallest absolute Gasteiger partial charge is 0.255 e. The zero-order valence-electron chi connectivity index (χ0n) is 17.8. The fourth-order valence-corrected chi connectivity index (χ4v) is 3.70. The van der Waals surface area contributed by atoms with Crippen LogP contribution in [0.4, 0.5) is 11.4 Å². The summed E-state index contributed by atoms with van der Waals surface area (Å²) in [6.45, 7) is 2.49. The summed E-state index contributed by atoms with van der Waals surface area (Å²) in [4.78, 5) is 34.3. The molecule has 0 saturated heterocycles. The predicted octanol–water partition coefficient (Wildman–Crippen LogP) is 4.26. The number of hydrogen-bond acceptors (Lipinski definition) is 4. The molecule has 0 fully saturated rings. The van der Waals surface area contributed by atoms with E-state index in [1.807, 2.05) is 37.4 Å². The molecule has 162 valence electrons. The van der Waals surface area contributed by atoms with Gasteiger partial charge in [0.2, 0.25) is 5.91 Å². The number of aromatic amines is 1. The van der Waals surface area contributed by atoms with Crippen molar-refractivity contribution in [2.75, 3.05) is 16.8 Å². The normalized spacial score (nSPS) is 11.8. The Morgan fingerprint density at radius 2 is 1.78 bits per heavy atom. The number of hydrogen-bond donors (Lipinski definition) is 3. The molecular formula is C25H25N5O2. The van der Waals surface area contributed by atoms with E-state index < -0.39 is 6.04 Å². The van der Waals surface area contributed by atoms with Gasteiger partial charge in [0.25, 0.3) is 5.91 Å². The topological polar surface area (TPSA) is 104 Å². The Balaban J connectivity index is 1.43. The lowest BCUT2D eigenvalue weighted by atomic mass is 10.0. The lowest BCUT2D eigenvalue weighted by molar-refractivity contribution is -0.118. The molecule has 32 heavy (non-hydrogen) atoms. The van der Waals surface area contributed by atoms with Gasteiger partial charge in [0.1, 0.15) is 0 Å². The SMILES string of the molecule is CCN(C(=O)CC(N)c1ccc(C(=O)Nc2ccncc2)cc1)c1c[nH]c2ccccc12. The van der Waals surface area contributed by atoms with Crippen LogP contribution in [0.5, 0.6) is 0 Å². The molecule has 0 spiro atoms. The Labute approximate surface area is 186 Å². The number of H-pyrrole nitrogens is 1. The summed E-state index contributed by atoms with van der Waals surface area (Å²) < 4.78 is 0. The quantitative estimate of drug-likeness (QED) is 0.410. The monoisotopic (exact) mass is 427 g/mol. The van der Waals surface area contributed by atoms with Crippen LogP contribution in [-0.2, 0) is 4.79 Å². The first kappa shape index (κ1) is 21.3. The fourth-order valence-electron chi connectivity index (χ4n) is 3.70. The van der Waals surface area contributed by atoms with Crippen LogP contribution in [0.2, 0.25) is 0 Å². The van der Waals surface area contributed by atoms with Gasteiger partial charge >= 0.3 is 0 Å². The van der Waals surface area contributed by atoms with Crippen LogP contribution >= 0.6 is 0 Å². The second-order valence-corrected chi connectivity index (χ2v) is 7.48. The molecule has 0 bridgehead atoms. The highest BCUT2D eigenvalue weighted by molar-refractivity contribution is 6.04. The van der Waals surface area contributed by atoms with E-state index in [2.05, 4.69) is 15.3 Å².